The second kappa shape index (κ2) is 9.53. The summed E-state index contributed by atoms with van der Waals surface area (Å²) in [5.74, 6) is -3.14. The minimum atomic E-state index is -4.78. The van der Waals surface area contributed by atoms with E-state index in [2.05, 4.69) is 10.1 Å². The Labute approximate surface area is 168 Å². The van der Waals surface area contributed by atoms with Gasteiger partial charge < -0.3 is 14.8 Å². The zero-order chi connectivity index (χ0) is 22.5. The van der Waals surface area contributed by atoms with E-state index < -0.39 is 47.6 Å². The summed E-state index contributed by atoms with van der Waals surface area (Å²) in [7, 11) is 1.23. The molecular formula is C19H18F4N2O5. The van der Waals surface area contributed by atoms with Gasteiger partial charge in [-0.25, -0.2) is 9.18 Å². The molecule has 0 heterocycles. The van der Waals surface area contributed by atoms with Gasteiger partial charge in [0.05, 0.1) is 30.9 Å². The molecule has 2 aromatic carbocycles. The van der Waals surface area contributed by atoms with Crippen LogP contribution in [0.15, 0.2) is 24.3 Å². The first kappa shape index (κ1) is 23.1. The van der Waals surface area contributed by atoms with Crippen LogP contribution in [0.5, 0.6) is 0 Å². The van der Waals surface area contributed by atoms with Crippen LogP contribution in [-0.2, 0) is 27.1 Å². The van der Waals surface area contributed by atoms with E-state index in [0.29, 0.717) is 0 Å². The van der Waals surface area contributed by atoms with Gasteiger partial charge in [-0.1, -0.05) is 18.2 Å². The molecule has 3 amide bonds. The Kier molecular flexibility index (Phi) is 7.33. The second-order valence-corrected chi connectivity index (χ2v) is 6.00. The SMILES string of the molecule is CCOC(=O)NC(=O)CNC(=O)c1c(F)ccc2c(C(F)(F)F)c(COC)ccc12. The molecule has 11 heteroatoms. The molecule has 0 aliphatic rings. The zero-order valence-electron chi connectivity index (χ0n) is 16.0. The molecule has 0 aliphatic carbocycles. The Morgan fingerprint density at radius 2 is 1.73 bits per heavy atom. The molecule has 0 aliphatic heterocycles. The van der Waals surface area contributed by atoms with Crippen molar-refractivity contribution in [3.8, 4) is 0 Å². The van der Waals surface area contributed by atoms with Crippen LogP contribution in [0.25, 0.3) is 10.8 Å². The maximum Gasteiger partial charge on any atom is 0.417 e. The second-order valence-electron chi connectivity index (χ2n) is 6.00. The van der Waals surface area contributed by atoms with Gasteiger partial charge in [-0.15, -0.1) is 0 Å². The third-order valence-corrected chi connectivity index (χ3v) is 3.97. The van der Waals surface area contributed by atoms with E-state index in [4.69, 9.17) is 4.74 Å². The van der Waals surface area contributed by atoms with Crippen molar-refractivity contribution >= 4 is 28.7 Å². The molecular weight excluding hydrogens is 412 g/mol. The number of hydrogen-bond donors (Lipinski definition) is 2. The molecule has 0 saturated carbocycles. The van der Waals surface area contributed by atoms with Crippen molar-refractivity contribution in [2.24, 2.45) is 0 Å². The maximum atomic E-state index is 14.3. The largest absolute Gasteiger partial charge is 0.450 e. The van der Waals surface area contributed by atoms with Gasteiger partial charge in [0.15, 0.2) is 0 Å². The minimum absolute atomic E-state index is 0.0132. The molecule has 7 nitrogen and oxygen atoms in total. The van der Waals surface area contributed by atoms with Gasteiger partial charge in [-0.2, -0.15) is 13.2 Å². The molecule has 2 aromatic rings. The Balaban J connectivity index is 2.39. The van der Waals surface area contributed by atoms with E-state index in [9.17, 15) is 31.9 Å². The number of imide groups is 1. The molecule has 0 radical (unpaired) electrons. The van der Waals surface area contributed by atoms with Crippen LogP contribution < -0.4 is 10.6 Å². The monoisotopic (exact) mass is 430 g/mol. The number of carbonyl (C=O) groups is 3. The average Bonchev–Trinajstić information content (AvgIpc) is 2.65. The zero-order valence-corrected chi connectivity index (χ0v) is 16.0. The molecule has 0 unspecified atom stereocenters. The van der Waals surface area contributed by atoms with Gasteiger partial charge in [0.1, 0.15) is 5.82 Å². The number of nitrogens with one attached hydrogen (secondary N) is 2. The highest BCUT2D eigenvalue weighted by Gasteiger charge is 2.36. The third kappa shape index (κ3) is 5.23. The third-order valence-electron chi connectivity index (χ3n) is 3.97. The maximum absolute atomic E-state index is 14.3. The standard InChI is InChI=1S/C19H18F4N2O5/c1-3-30-18(28)25-14(26)8-24-17(27)15-11-5-4-10(9-29-2)16(19(21,22)23)12(11)6-7-13(15)20/h4-7H,3,8-9H2,1-2H3,(H,24,27)(H,25,26,28). The Hall–Kier alpha value is -3.21. The molecule has 0 aromatic heterocycles. The lowest BCUT2D eigenvalue weighted by atomic mass is 9.95. The lowest BCUT2D eigenvalue weighted by Gasteiger charge is -2.17. The van der Waals surface area contributed by atoms with Crippen molar-refractivity contribution in [2.75, 3.05) is 20.3 Å². The highest BCUT2D eigenvalue weighted by atomic mass is 19.4. The van der Waals surface area contributed by atoms with E-state index >= 15 is 0 Å². The number of methoxy groups -OCH3 is 1. The highest BCUT2D eigenvalue weighted by Crippen LogP contribution is 2.39. The van der Waals surface area contributed by atoms with Gasteiger partial charge >= 0.3 is 12.3 Å². The number of hydrogen-bond acceptors (Lipinski definition) is 5. The van der Waals surface area contributed by atoms with Crippen molar-refractivity contribution in [1.29, 1.82) is 0 Å². The number of alkyl carbamates (subject to hydrolysis) is 1. The van der Waals surface area contributed by atoms with E-state index in [1.165, 1.54) is 20.1 Å². The van der Waals surface area contributed by atoms with E-state index in [0.717, 1.165) is 18.2 Å². The molecule has 30 heavy (non-hydrogen) atoms. The summed E-state index contributed by atoms with van der Waals surface area (Å²) in [6.07, 6.45) is -5.81. The molecule has 2 rings (SSSR count). The van der Waals surface area contributed by atoms with Gasteiger partial charge in [-0.05, 0) is 29.3 Å². The fraction of sp³-hybridized carbons (Fsp3) is 0.316. The fourth-order valence-electron chi connectivity index (χ4n) is 2.84. The van der Waals surface area contributed by atoms with Crippen molar-refractivity contribution in [3.63, 3.8) is 0 Å². The summed E-state index contributed by atoms with van der Waals surface area (Å²) in [4.78, 5) is 35.2. The fourth-order valence-corrected chi connectivity index (χ4v) is 2.84. The number of ether oxygens (including phenoxy) is 2. The summed E-state index contributed by atoms with van der Waals surface area (Å²) in [6.45, 7) is 0.473. The summed E-state index contributed by atoms with van der Waals surface area (Å²) >= 11 is 0. The quantitative estimate of drug-likeness (QED) is 0.687. The number of fused-ring (bicyclic) bond motifs is 1. The first-order valence-electron chi connectivity index (χ1n) is 8.65. The highest BCUT2D eigenvalue weighted by molar-refractivity contribution is 6.09. The van der Waals surface area contributed by atoms with Crippen LogP contribution in [0.2, 0.25) is 0 Å². The number of rotatable bonds is 6. The van der Waals surface area contributed by atoms with Crippen LogP contribution in [0, 0.1) is 5.82 Å². The summed E-state index contributed by atoms with van der Waals surface area (Å²) in [5, 5.41) is 3.22. The first-order valence-corrected chi connectivity index (χ1v) is 8.65. The molecule has 0 atom stereocenters. The van der Waals surface area contributed by atoms with Gasteiger partial charge in [-0.3, -0.25) is 14.9 Å². The minimum Gasteiger partial charge on any atom is -0.450 e. The van der Waals surface area contributed by atoms with Crippen LogP contribution in [0.4, 0.5) is 22.4 Å². The molecule has 0 spiro atoms. The van der Waals surface area contributed by atoms with Crippen molar-refractivity contribution < 1.29 is 41.4 Å². The van der Waals surface area contributed by atoms with Gasteiger partial charge in [0.25, 0.3) is 5.91 Å². The van der Waals surface area contributed by atoms with Crippen LogP contribution in [-0.4, -0.2) is 38.2 Å². The summed E-state index contributed by atoms with van der Waals surface area (Å²) < 4.78 is 64.5. The lowest BCUT2D eigenvalue weighted by molar-refractivity contribution is -0.137. The topological polar surface area (TPSA) is 93.7 Å². The number of halogens is 4. The number of amides is 3. The number of benzene rings is 2. The molecule has 162 valence electrons. The Bertz CT molecular complexity index is 976. The molecule has 2 N–H and O–H groups in total. The van der Waals surface area contributed by atoms with Crippen LogP contribution >= 0.6 is 0 Å². The summed E-state index contributed by atoms with van der Waals surface area (Å²) in [5.41, 5.74) is -1.88. The van der Waals surface area contributed by atoms with E-state index in [1.54, 1.807) is 0 Å². The summed E-state index contributed by atoms with van der Waals surface area (Å²) in [6, 6.07) is 3.94. The normalized spacial score (nSPS) is 11.3. The smallest absolute Gasteiger partial charge is 0.417 e. The van der Waals surface area contributed by atoms with Gasteiger partial charge in [0.2, 0.25) is 5.91 Å². The van der Waals surface area contributed by atoms with Crippen molar-refractivity contribution in [1.82, 2.24) is 10.6 Å². The Morgan fingerprint density at radius 3 is 2.33 bits per heavy atom. The predicted molar refractivity (Wildman–Crippen MR) is 97.1 cm³/mol. The Morgan fingerprint density at radius 1 is 1.07 bits per heavy atom. The van der Waals surface area contributed by atoms with E-state index in [1.807, 2.05) is 5.32 Å². The van der Waals surface area contributed by atoms with Crippen LogP contribution in [0.3, 0.4) is 0 Å². The van der Waals surface area contributed by atoms with Crippen LogP contribution in [0.1, 0.15) is 28.4 Å². The number of carbonyl (C=O) groups excluding carboxylic acids is 3. The van der Waals surface area contributed by atoms with Gasteiger partial charge in [0, 0.05) is 7.11 Å². The average molecular weight is 430 g/mol. The van der Waals surface area contributed by atoms with Crippen molar-refractivity contribution in [2.45, 2.75) is 19.7 Å². The predicted octanol–water partition coefficient (Wildman–Crippen LogP) is 3.15. The number of alkyl halides is 3. The first-order chi connectivity index (χ1) is 14.1. The van der Waals surface area contributed by atoms with Crippen molar-refractivity contribution in [3.05, 3.63) is 46.8 Å². The van der Waals surface area contributed by atoms with E-state index in [-0.39, 0.29) is 29.5 Å². The molecule has 0 fully saturated rings. The molecule has 0 saturated heterocycles. The molecule has 0 bridgehead atoms. The lowest BCUT2D eigenvalue weighted by Crippen LogP contribution is -2.40.